The molecule has 4 aromatic rings. The van der Waals surface area contributed by atoms with Crippen LogP contribution in [0.15, 0.2) is 108 Å². The van der Waals surface area contributed by atoms with Crippen LogP contribution in [0.4, 0.5) is 5.69 Å². The van der Waals surface area contributed by atoms with Crippen LogP contribution >= 0.6 is 11.6 Å². The smallest absolute Gasteiger partial charge is 0.264 e. The fourth-order valence-corrected chi connectivity index (χ4v) is 6.62. The van der Waals surface area contributed by atoms with Crippen LogP contribution in [0.3, 0.4) is 0 Å². The number of hydrogen-bond acceptors (Lipinski definition) is 4. The van der Waals surface area contributed by atoms with Gasteiger partial charge in [-0.25, -0.2) is 8.42 Å². The van der Waals surface area contributed by atoms with E-state index in [2.05, 4.69) is 5.32 Å². The first-order chi connectivity index (χ1) is 20.6. The molecule has 0 saturated carbocycles. The van der Waals surface area contributed by atoms with Crippen molar-refractivity contribution in [2.75, 3.05) is 17.9 Å². The predicted molar refractivity (Wildman–Crippen MR) is 172 cm³/mol. The lowest BCUT2D eigenvalue weighted by atomic mass is 10.0. The molecule has 0 fully saturated rings. The Morgan fingerprint density at radius 3 is 2.16 bits per heavy atom. The molecule has 0 heterocycles. The fourth-order valence-electron chi connectivity index (χ4n) is 4.96. The van der Waals surface area contributed by atoms with Gasteiger partial charge in [0.2, 0.25) is 11.8 Å². The van der Waals surface area contributed by atoms with Gasteiger partial charge in [-0.2, -0.15) is 0 Å². The van der Waals surface area contributed by atoms with Gasteiger partial charge in [-0.05, 0) is 60.4 Å². The molecular formula is C34H36ClN3O4S. The number of carbonyl (C=O) groups is 2. The second-order valence-corrected chi connectivity index (χ2v) is 12.6. The van der Waals surface area contributed by atoms with E-state index >= 15 is 0 Å². The molecule has 0 aliphatic carbocycles. The van der Waals surface area contributed by atoms with E-state index in [4.69, 9.17) is 11.6 Å². The molecular weight excluding hydrogens is 582 g/mol. The number of rotatable bonds is 12. The molecule has 0 spiro atoms. The lowest BCUT2D eigenvalue weighted by Gasteiger charge is -2.34. The van der Waals surface area contributed by atoms with E-state index in [1.165, 1.54) is 11.9 Å². The van der Waals surface area contributed by atoms with Crippen molar-refractivity contribution in [3.8, 4) is 0 Å². The van der Waals surface area contributed by atoms with Crippen LogP contribution < -0.4 is 9.62 Å². The monoisotopic (exact) mass is 617 g/mol. The second-order valence-electron chi connectivity index (χ2n) is 10.3. The number of likely N-dealkylation sites (N-methyl/N-ethyl adjacent to an activating group) is 1. The Hall–Kier alpha value is -4.14. The van der Waals surface area contributed by atoms with Gasteiger partial charge >= 0.3 is 0 Å². The van der Waals surface area contributed by atoms with E-state index in [0.717, 1.165) is 21.0 Å². The van der Waals surface area contributed by atoms with Gasteiger partial charge in [0.15, 0.2) is 0 Å². The third-order valence-electron chi connectivity index (χ3n) is 7.29. The third-order valence-corrected chi connectivity index (χ3v) is 9.30. The minimum atomic E-state index is -4.16. The molecule has 43 heavy (non-hydrogen) atoms. The number of hydrogen-bond donors (Lipinski definition) is 1. The summed E-state index contributed by atoms with van der Waals surface area (Å²) in [5, 5.41) is 3.18. The number of aryl methyl sites for hydroxylation is 2. The van der Waals surface area contributed by atoms with E-state index in [9.17, 15) is 18.0 Å². The Kier molecular flexibility index (Phi) is 10.6. The van der Waals surface area contributed by atoms with Gasteiger partial charge in [0.25, 0.3) is 10.0 Å². The van der Waals surface area contributed by atoms with Crippen molar-refractivity contribution in [3.05, 3.63) is 130 Å². The SMILES string of the molecule is CCc1ccccc1N(CC(=O)N(Cc1cccc(Cl)c1)C(Cc1ccccc1)C(=O)NC)S(=O)(=O)c1ccc(C)cc1. The van der Waals surface area contributed by atoms with E-state index in [1.807, 2.05) is 62.4 Å². The lowest BCUT2D eigenvalue weighted by molar-refractivity contribution is -0.139. The summed E-state index contributed by atoms with van der Waals surface area (Å²) in [4.78, 5) is 29.3. The topological polar surface area (TPSA) is 86.8 Å². The van der Waals surface area contributed by atoms with Gasteiger partial charge in [-0.3, -0.25) is 13.9 Å². The van der Waals surface area contributed by atoms with Crippen LogP contribution in [-0.2, 0) is 39.0 Å². The van der Waals surface area contributed by atoms with E-state index in [1.54, 1.807) is 54.6 Å². The Morgan fingerprint density at radius 1 is 0.860 bits per heavy atom. The highest BCUT2D eigenvalue weighted by Crippen LogP contribution is 2.29. The van der Waals surface area contributed by atoms with Crippen molar-refractivity contribution < 1.29 is 18.0 Å². The minimum Gasteiger partial charge on any atom is -0.357 e. The Labute approximate surface area is 259 Å². The number of benzene rings is 4. The molecule has 9 heteroatoms. The summed E-state index contributed by atoms with van der Waals surface area (Å²) < 4.78 is 29.5. The molecule has 0 aliphatic rings. The first-order valence-electron chi connectivity index (χ1n) is 14.1. The van der Waals surface area contributed by atoms with Crippen LogP contribution in [-0.4, -0.2) is 44.8 Å². The zero-order valence-corrected chi connectivity index (χ0v) is 26.1. The minimum absolute atomic E-state index is 0.0537. The average molecular weight is 618 g/mol. The largest absolute Gasteiger partial charge is 0.357 e. The Balaban J connectivity index is 1.81. The van der Waals surface area contributed by atoms with Crippen molar-refractivity contribution in [1.82, 2.24) is 10.2 Å². The fraction of sp³-hybridized carbons (Fsp3) is 0.235. The first kappa shape index (κ1) is 31.8. The molecule has 7 nitrogen and oxygen atoms in total. The summed E-state index contributed by atoms with van der Waals surface area (Å²) >= 11 is 6.27. The molecule has 0 bridgehead atoms. The summed E-state index contributed by atoms with van der Waals surface area (Å²) in [7, 11) is -2.64. The molecule has 224 valence electrons. The van der Waals surface area contributed by atoms with E-state index < -0.39 is 28.5 Å². The van der Waals surface area contributed by atoms with Crippen molar-refractivity contribution in [2.45, 2.75) is 44.2 Å². The van der Waals surface area contributed by atoms with Crippen LogP contribution in [0, 0.1) is 6.92 Å². The normalized spacial score (nSPS) is 11.9. The summed E-state index contributed by atoms with van der Waals surface area (Å²) in [6, 6.07) is 29.3. The number of nitrogens with zero attached hydrogens (tertiary/aromatic N) is 2. The molecule has 4 rings (SSSR count). The van der Waals surface area contributed by atoms with Gasteiger partial charge in [-0.1, -0.05) is 96.9 Å². The van der Waals surface area contributed by atoms with Crippen molar-refractivity contribution >= 4 is 39.1 Å². The third kappa shape index (κ3) is 7.83. The average Bonchev–Trinajstić information content (AvgIpc) is 3.01. The zero-order chi connectivity index (χ0) is 31.0. The highest BCUT2D eigenvalue weighted by atomic mass is 35.5. The number of anilines is 1. The van der Waals surface area contributed by atoms with Crippen LogP contribution in [0.2, 0.25) is 5.02 Å². The maximum absolute atomic E-state index is 14.4. The summed E-state index contributed by atoms with van der Waals surface area (Å²) in [5.74, 6) is -0.882. The maximum Gasteiger partial charge on any atom is 0.264 e. The predicted octanol–water partition coefficient (Wildman–Crippen LogP) is 5.79. The number of carbonyl (C=O) groups excluding carboxylic acids is 2. The van der Waals surface area contributed by atoms with E-state index in [0.29, 0.717) is 22.7 Å². The molecule has 0 saturated heterocycles. The van der Waals surface area contributed by atoms with Crippen molar-refractivity contribution in [2.24, 2.45) is 0 Å². The standard InChI is InChI=1S/C34H36ClN3O4S/c1-4-28-14-8-9-16-31(28)38(43(41,42)30-19-17-25(2)18-20-30)24-33(39)37(23-27-13-10-15-29(35)21-27)32(34(40)36-3)22-26-11-6-5-7-12-26/h5-21,32H,4,22-24H2,1-3H3,(H,36,40). The highest BCUT2D eigenvalue weighted by Gasteiger charge is 2.34. The number of halogens is 1. The van der Waals surface area contributed by atoms with Gasteiger partial charge in [0.1, 0.15) is 12.6 Å². The number of nitrogens with one attached hydrogen (secondary N) is 1. The molecule has 0 aromatic heterocycles. The maximum atomic E-state index is 14.4. The lowest BCUT2D eigenvalue weighted by Crippen LogP contribution is -2.53. The number of sulfonamides is 1. The second kappa shape index (κ2) is 14.4. The Bertz CT molecular complexity index is 1660. The first-order valence-corrected chi connectivity index (χ1v) is 15.9. The van der Waals surface area contributed by atoms with Crippen molar-refractivity contribution in [3.63, 3.8) is 0 Å². The number of amides is 2. The molecule has 1 atom stereocenters. The summed E-state index contributed by atoms with van der Waals surface area (Å²) in [5.41, 5.74) is 3.68. The molecule has 1 unspecified atom stereocenters. The Morgan fingerprint density at radius 2 is 1.51 bits per heavy atom. The quantitative estimate of drug-likeness (QED) is 0.218. The molecule has 2 amide bonds. The molecule has 0 aliphatic heterocycles. The van der Waals surface area contributed by atoms with Crippen LogP contribution in [0.5, 0.6) is 0 Å². The zero-order valence-electron chi connectivity index (χ0n) is 24.5. The van der Waals surface area contributed by atoms with Crippen LogP contribution in [0.1, 0.15) is 29.2 Å². The van der Waals surface area contributed by atoms with Gasteiger partial charge < -0.3 is 10.2 Å². The van der Waals surface area contributed by atoms with Gasteiger partial charge in [-0.15, -0.1) is 0 Å². The van der Waals surface area contributed by atoms with Crippen molar-refractivity contribution in [1.29, 1.82) is 0 Å². The summed E-state index contributed by atoms with van der Waals surface area (Å²) in [6.07, 6.45) is 0.800. The van der Waals surface area contributed by atoms with E-state index in [-0.39, 0.29) is 23.8 Å². The molecule has 4 aromatic carbocycles. The van der Waals surface area contributed by atoms with Gasteiger partial charge in [0, 0.05) is 25.0 Å². The van der Waals surface area contributed by atoms with Crippen LogP contribution in [0.25, 0.3) is 0 Å². The molecule has 1 N–H and O–H groups in total. The summed E-state index contributed by atoms with van der Waals surface area (Å²) in [6.45, 7) is 3.36. The molecule has 0 radical (unpaired) electrons. The van der Waals surface area contributed by atoms with Gasteiger partial charge in [0.05, 0.1) is 10.6 Å². The number of para-hydroxylation sites is 1. The highest BCUT2D eigenvalue weighted by molar-refractivity contribution is 7.92.